The summed E-state index contributed by atoms with van der Waals surface area (Å²) in [6.07, 6.45) is 7.60. The largest absolute Gasteiger partial charge is 0.497 e. The molecule has 1 aromatic heterocycles. The third-order valence-corrected chi connectivity index (χ3v) is 13.5. The van der Waals surface area contributed by atoms with E-state index in [4.69, 9.17) is 4.74 Å². The van der Waals surface area contributed by atoms with Crippen LogP contribution in [0.25, 0.3) is 22.2 Å². The molecule has 0 bridgehead atoms. The van der Waals surface area contributed by atoms with Crippen LogP contribution in [0.3, 0.4) is 0 Å². The van der Waals surface area contributed by atoms with Gasteiger partial charge in [0.2, 0.25) is 10.0 Å². The van der Waals surface area contributed by atoms with Gasteiger partial charge in [-0.15, -0.1) is 0 Å². The standard InChI is InChI=1S/C34H44N4O5S2/c1-21-18-37(19-22(2)36(21)3)44(40)34-17-29(34)28-16-25(43-4)12-14-26(28)32-31(23-9-7-6-8-10-23)27-13-11-24(15-30(27)38(32)20-34)33(39)35-45(5,41)42/h11-16,21-23,29H,6-10,17-20H2,1-5H3,(H,35,39). The zero-order valence-electron chi connectivity index (χ0n) is 26.8. The molecule has 0 radical (unpaired) electrons. The van der Waals surface area contributed by atoms with Gasteiger partial charge < -0.3 is 9.30 Å². The Hall–Kier alpha value is -2.73. The van der Waals surface area contributed by atoms with Crippen molar-refractivity contribution in [2.75, 3.05) is 33.5 Å². The summed E-state index contributed by atoms with van der Waals surface area (Å²) in [5, 5.41) is 1.09. The van der Waals surface area contributed by atoms with Gasteiger partial charge in [-0.1, -0.05) is 25.3 Å². The first-order valence-electron chi connectivity index (χ1n) is 16.2. The van der Waals surface area contributed by atoms with E-state index in [0.29, 0.717) is 30.1 Å². The maximum atomic E-state index is 14.9. The maximum absolute atomic E-state index is 14.9. The molecular formula is C34H44N4O5S2. The molecule has 45 heavy (non-hydrogen) atoms. The van der Waals surface area contributed by atoms with E-state index in [9.17, 15) is 17.4 Å². The summed E-state index contributed by atoms with van der Waals surface area (Å²) in [6, 6.07) is 12.5. The van der Waals surface area contributed by atoms with Crippen LogP contribution in [0.4, 0.5) is 0 Å². The summed E-state index contributed by atoms with van der Waals surface area (Å²) >= 11 is 0. The molecule has 3 heterocycles. The predicted molar refractivity (Wildman–Crippen MR) is 179 cm³/mol. The van der Waals surface area contributed by atoms with Crippen molar-refractivity contribution in [3.63, 3.8) is 0 Å². The second kappa shape index (κ2) is 11.2. The van der Waals surface area contributed by atoms with Crippen LogP contribution in [-0.4, -0.2) is 82.6 Å². The Morgan fingerprint density at radius 1 is 1.04 bits per heavy atom. The molecule has 9 nitrogen and oxygen atoms in total. The van der Waals surface area contributed by atoms with Gasteiger partial charge in [-0.3, -0.25) is 9.69 Å². The minimum Gasteiger partial charge on any atom is -0.497 e. The van der Waals surface area contributed by atoms with E-state index >= 15 is 0 Å². The maximum Gasteiger partial charge on any atom is 0.264 e. The smallest absolute Gasteiger partial charge is 0.264 e. The number of nitrogens with zero attached hydrogens (tertiary/aromatic N) is 3. The van der Waals surface area contributed by atoms with Crippen molar-refractivity contribution in [2.45, 2.75) is 87.6 Å². The highest BCUT2D eigenvalue weighted by Gasteiger charge is 2.63. The monoisotopic (exact) mass is 652 g/mol. The second-order valence-electron chi connectivity index (χ2n) is 13.9. The van der Waals surface area contributed by atoms with Gasteiger partial charge in [0.05, 0.1) is 23.8 Å². The number of benzene rings is 2. The number of sulfonamides is 1. The van der Waals surface area contributed by atoms with Crippen molar-refractivity contribution in [2.24, 2.45) is 0 Å². The van der Waals surface area contributed by atoms with Gasteiger partial charge in [-0.05, 0) is 87.5 Å². The Morgan fingerprint density at radius 2 is 1.76 bits per heavy atom. The number of amides is 1. The molecule has 3 fully saturated rings. The van der Waals surface area contributed by atoms with Gasteiger partial charge in [-0.2, -0.15) is 0 Å². The molecule has 1 N–H and O–H groups in total. The van der Waals surface area contributed by atoms with Crippen molar-refractivity contribution in [1.82, 2.24) is 18.5 Å². The third-order valence-electron chi connectivity index (χ3n) is 10.9. The number of piperazine rings is 1. The molecule has 2 saturated carbocycles. The Bertz CT molecular complexity index is 1800. The van der Waals surface area contributed by atoms with E-state index < -0.39 is 31.7 Å². The molecule has 242 valence electrons. The molecule has 0 spiro atoms. The van der Waals surface area contributed by atoms with Crippen LogP contribution < -0.4 is 9.46 Å². The lowest BCUT2D eigenvalue weighted by atomic mass is 9.81. The summed E-state index contributed by atoms with van der Waals surface area (Å²) in [6.45, 7) is 6.45. The third kappa shape index (κ3) is 5.23. The molecule has 3 aromatic rings. The minimum absolute atomic E-state index is 0.111. The van der Waals surface area contributed by atoms with Crippen molar-refractivity contribution in [3.8, 4) is 17.0 Å². The van der Waals surface area contributed by atoms with E-state index in [1.54, 1.807) is 13.2 Å². The number of rotatable bonds is 6. The van der Waals surface area contributed by atoms with Gasteiger partial charge >= 0.3 is 0 Å². The molecule has 1 amide bonds. The number of aromatic nitrogens is 1. The van der Waals surface area contributed by atoms with Crippen molar-refractivity contribution >= 4 is 37.8 Å². The molecular weight excluding hydrogens is 609 g/mol. The number of ether oxygens (including phenoxy) is 1. The molecule has 2 aliphatic heterocycles. The van der Waals surface area contributed by atoms with Crippen LogP contribution >= 0.6 is 0 Å². The van der Waals surface area contributed by atoms with Gasteiger partial charge in [0.25, 0.3) is 5.91 Å². The highest BCUT2D eigenvalue weighted by molar-refractivity contribution is 7.89. The first kappa shape index (κ1) is 30.9. The second-order valence-corrected chi connectivity index (χ2v) is 17.4. The molecule has 1 saturated heterocycles. The molecule has 5 unspecified atom stereocenters. The minimum atomic E-state index is -3.72. The van der Waals surface area contributed by atoms with Crippen LogP contribution in [0.2, 0.25) is 0 Å². The fraction of sp³-hybridized carbons (Fsp3) is 0.559. The average molecular weight is 653 g/mol. The van der Waals surface area contributed by atoms with Crippen LogP contribution in [-0.2, 0) is 27.6 Å². The quantitative estimate of drug-likeness (QED) is 0.403. The Kier molecular flexibility index (Phi) is 7.70. The predicted octanol–water partition coefficient (Wildman–Crippen LogP) is 4.98. The van der Waals surface area contributed by atoms with Crippen LogP contribution in [0.1, 0.15) is 85.7 Å². The SMILES string of the molecule is COc1ccc2c(c1)C1CC1(S(=O)N1CC(C)N(C)C(C)C1)Cn1c-2c(C2CCCCC2)c2ccc(C(=O)NS(C)(=O)=O)cc21. The summed E-state index contributed by atoms with van der Waals surface area (Å²) in [4.78, 5) is 15.4. The number of carbonyl (C=O) groups is 1. The number of carbonyl (C=O) groups excluding carboxylic acids is 1. The van der Waals surface area contributed by atoms with Crippen LogP contribution in [0.15, 0.2) is 36.4 Å². The van der Waals surface area contributed by atoms with Gasteiger partial charge in [-0.25, -0.2) is 21.7 Å². The molecule has 2 aliphatic carbocycles. The summed E-state index contributed by atoms with van der Waals surface area (Å²) in [5.74, 6) is 0.638. The number of fused-ring (bicyclic) bond motifs is 7. The number of likely N-dealkylation sites (N-methyl/N-ethyl adjacent to an activating group) is 1. The average Bonchev–Trinajstić information content (AvgIpc) is 3.68. The summed E-state index contributed by atoms with van der Waals surface area (Å²) in [7, 11) is -1.14. The van der Waals surface area contributed by atoms with Gasteiger partial charge in [0.15, 0.2) is 0 Å². The van der Waals surface area contributed by atoms with Gasteiger partial charge in [0.1, 0.15) is 16.7 Å². The number of nitrogens with one attached hydrogen (secondary N) is 1. The highest BCUT2D eigenvalue weighted by Crippen LogP contribution is 2.63. The van der Waals surface area contributed by atoms with Crippen LogP contribution in [0, 0.1) is 0 Å². The summed E-state index contributed by atoms with van der Waals surface area (Å²) < 4.78 is 50.6. The fourth-order valence-corrected chi connectivity index (χ4v) is 10.9. The highest BCUT2D eigenvalue weighted by atomic mass is 32.2. The van der Waals surface area contributed by atoms with E-state index in [2.05, 4.69) is 51.5 Å². The summed E-state index contributed by atoms with van der Waals surface area (Å²) in [5.41, 5.74) is 5.99. The Balaban J connectivity index is 1.44. The lowest BCUT2D eigenvalue weighted by Gasteiger charge is -2.42. The zero-order chi connectivity index (χ0) is 31.8. The van der Waals surface area contributed by atoms with Crippen molar-refractivity contribution < 1.29 is 22.2 Å². The normalized spacial score (nSPS) is 28.1. The zero-order valence-corrected chi connectivity index (χ0v) is 28.5. The lowest BCUT2D eigenvalue weighted by molar-refractivity contribution is 0.0981. The molecule has 11 heteroatoms. The number of methoxy groups -OCH3 is 1. The Labute approximate surface area is 268 Å². The van der Waals surface area contributed by atoms with Crippen molar-refractivity contribution in [3.05, 3.63) is 53.1 Å². The topological polar surface area (TPSA) is 101 Å². The van der Waals surface area contributed by atoms with E-state index in [0.717, 1.165) is 66.5 Å². The first-order chi connectivity index (χ1) is 21.4. The van der Waals surface area contributed by atoms with E-state index in [-0.39, 0.29) is 5.92 Å². The molecule has 7 rings (SSSR count). The number of hydrogen-bond acceptors (Lipinski definition) is 6. The van der Waals surface area contributed by atoms with E-state index in [1.807, 2.05) is 18.2 Å². The first-order valence-corrected chi connectivity index (χ1v) is 19.2. The van der Waals surface area contributed by atoms with Gasteiger partial charge in [0, 0.05) is 59.7 Å². The lowest BCUT2D eigenvalue weighted by Crippen LogP contribution is -2.57. The van der Waals surface area contributed by atoms with Crippen LogP contribution in [0.5, 0.6) is 5.75 Å². The molecule has 2 aromatic carbocycles. The molecule has 4 aliphatic rings. The van der Waals surface area contributed by atoms with E-state index in [1.165, 1.54) is 30.4 Å². The fourth-order valence-electron chi connectivity index (χ4n) is 8.29. The van der Waals surface area contributed by atoms with Crippen molar-refractivity contribution in [1.29, 1.82) is 0 Å². The number of hydrogen-bond donors (Lipinski definition) is 1. The Morgan fingerprint density at radius 3 is 2.42 bits per heavy atom. The molecule has 5 atom stereocenters.